The minimum absolute atomic E-state index is 0.0770. The van der Waals surface area contributed by atoms with Gasteiger partial charge in [0, 0.05) is 25.7 Å². The maximum absolute atomic E-state index is 12.3. The summed E-state index contributed by atoms with van der Waals surface area (Å²) in [6, 6.07) is 6.02. The van der Waals surface area contributed by atoms with Gasteiger partial charge in [0.05, 0.1) is 12.7 Å². The van der Waals surface area contributed by atoms with E-state index < -0.39 is 0 Å². The number of nitrogens with one attached hydrogen (secondary N) is 1. The molecule has 1 aliphatic heterocycles. The van der Waals surface area contributed by atoms with Crippen molar-refractivity contribution in [1.29, 1.82) is 0 Å². The summed E-state index contributed by atoms with van der Waals surface area (Å²) in [5.74, 6) is 0.367. The van der Waals surface area contributed by atoms with Crippen LogP contribution in [0, 0.1) is 12.3 Å². The van der Waals surface area contributed by atoms with Crippen LogP contribution in [0.25, 0.3) is 17.3 Å². The van der Waals surface area contributed by atoms with Gasteiger partial charge in [0.2, 0.25) is 5.91 Å². The predicted molar refractivity (Wildman–Crippen MR) is 107 cm³/mol. The van der Waals surface area contributed by atoms with Gasteiger partial charge >= 0.3 is 0 Å². The fraction of sp³-hybridized carbons (Fsp3) is 0.400. The van der Waals surface area contributed by atoms with E-state index in [1.165, 1.54) is 0 Å². The zero-order valence-electron chi connectivity index (χ0n) is 16.4. The molecule has 1 fully saturated rings. The normalized spacial score (nSPS) is 16.7. The molecule has 0 radical (unpaired) electrons. The number of aryl methyl sites for hydroxylation is 2. The van der Waals surface area contributed by atoms with Gasteiger partial charge in [0.15, 0.2) is 0 Å². The van der Waals surface area contributed by atoms with E-state index in [1.807, 2.05) is 44.4 Å². The quantitative estimate of drug-likeness (QED) is 0.796. The first-order chi connectivity index (χ1) is 12.8. The first-order valence-electron chi connectivity index (χ1n) is 8.94. The van der Waals surface area contributed by atoms with E-state index in [-0.39, 0.29) is 5.91 Å². The van der Waals surface area contributed by atoms with Gasteiger partial charge in [0.25, 0.3) is 0 Å². The number of hydrogen-bond donors (Lipinski definition) is 1. The molecule has 2 aromatic rings. The van der Waals surface area contributed by atoms with Crippen molar-refractivity contribution >= 4 is 18.7 Å². The number of aromatic nitrogens is 3. The van der Waals surface area contributed by atoms with Crippen molar-refractivity contribution < 1.29 is 4.79 Å². The molecule has 1 N–H and O–H groups in total. The van der Waals surface area contributed by atoms with E-state index in [0.29, 0.717) is 17.8 Å². The van der Waals surface area contributed by atoms with Crippen LogP contribution in [0.3, 0.4) is 0 Å². The number of nitrogens with zero attached hydrogens (tertiary/aromatic N) is 5. The molecule has 7 heteroatoms. The number of carbonyl (C=O) groups excluding carboxylic acids is 1. The smallest absolute Gasteiger partial charge is 0.239 e. The van der Waals surface area contributed by atoms with Gasteiger partial charge in [0.1, 0.15) is 11.5 Å². The number of likely N-dealkylation sites (tertiary alicyclic amines) is 1. The van der Waals surface area contributed by atoms with Gasteiger partial charge in [-0.1, -0.05) is 31.2 Å². The molecule has 0 aliphatic carbocycles. The second kappa shape index (κ2) is 7.44. The van der Waals surface area contributed by atoms with E-state index >= 15 is 0 Å². The molecule has 1 aromatic carbocycles. The minimum Gasteiger partial charge on any atom is -0.310 e. The third-order valence-corrected chi connectivity index (χ3v) is 4.58. The maximum Gasteiger partial charge on any atom is 0.239 e. The molecular weight excluding hydrogens is 340 g/mol. The Morgan fingerprint density at radius 2 is 2.15 bits per heavy atom. The summed E-state index contributed by atoms with van der Waals surface area (Å²) in [6.45, 7) is 12.2. The number of carbonyl (C=O) groups is 1. The van der Waals surface area contributed by atoms with Crippen LogP contribution in [0.2, 0.25) is 0 Å². The Balaban J connectivity index is 1.73. The summed E-state index contributed by atoms with van der Waals surface area (Å²) < 4.78 is 1.67. The number of rotatable bonds is 6. The van der Waals surface area contributed by atoms with Crippen molar-refractivity contribution in [3.63, 3.8) is 0 Å². The van der Waals surface area contributed by atoms with Crippen LogP contribution >= 0.6 is 0 Å². The molecule has 2 heterocycles. The van der Waals surface area contributed by atoms with Crippen molar-refractivity contribution in [3.8, 4) is 11.3 Å². The SMILES string of the molecule is C=N/C(=C\c1cc(-c2cn(C)nn2)ccc1C)NC(=O)CN1CC(C)(C)C1. The molecule has 142 valence electrons. The van der Waals surface area contributed by atoms with Crippen LogP contribution in [0.4, 0.5) is 0 Å². The molecule has 0 spiro atoms. The van der Waals surface area contributed by atoms with Gasteiger partial charge in [-0.2, -0.15) is 0 Å². The summed E-state index contributed by atoms with van der Waals surface area (Å²) in [6.07, 6.45) is 3.70. The van der Waals surface area contributed by atoms with E-state index in [9.17, 15) is 4.79 Å². The molecule has 0 atom stereocenters. The van der Waals surface area contributed by atoms with Gasteiger partial charge < -0.3 is 5.32 Å². The summed E-state index contributed by atoms with van der Waals surface area (Å²) in [4.78, 5) is 18.4. The third kappa shape index (κ3) is 4.68. The third-order valence-electron chi connectivity index (χ3n) is 4.58. The first kappa shape index (κ1) is 19.0. The lowest BCUT2D eigenvalue weighted by Crippen LogP contribution is -2.55. The number of amides is 1. The van der Waals surface area contributed by atoms with E-state index in [1.54, 1.807) is 4.68 Å². The maximum atomic E-state index is 12.3. The molecule has 1 amide bonds. The fourth-order valence-electron chi connectivity index (χ4n) is 3.37. The topological polar surface area (TPSA) is 75.4 Å². The lowest BCUT2D eigenvalue weighted by Gasteiger charge is -2.45. The van der Waals surface area contributed by atoms with Crippen LogP contribution in [-0.2, 0) is 11.8 Å². The average Bonchev–Trinajstić information content (AvgIpc) is 3.00. The van der Waals surface area contributed by atoms with Crippen molar-refractivity contribution in [2.75, 3.05) is 19.6 Å². The average molecular weight is 366 g/mol. The summed E-state index contributed by atoms with van der Waals surface area (Å²) >= 11 is 0. The summed E-state index contributed by atoms with van der Waals surface area (Å²) in [5.41, 5.74) is 4.07. The minimum atomic E-state index is -0.0770. The van der Waals surface area contributed by atoms with Crippen molar-refractivity contribution in [2.24, 2.45) is 17.5 Å². The van der Waals surface area contributed by atoms with Crippen LogP contribution < -0.4 is 5.32 Å². The second-order valence-electron chi connectivity index (χ2n) is 7.89. The molecule has 0 bridgehead atoms. The van der Waals surface area contributed by atoms with Crippen molar-refractivity contribution in [1.82, 2.24) is 25.2 Å². The second-order valence-corrected chi connectivity index (χ2v) is 7.89. The van der Waals surface area contributed by atoms with E-state index in [4.69, 9.17) is 0 Å². The van der Waals surface area contributed by atoms with Gasteiger partial charge in [-0.3, -0.25) is 14.4 Å². The number of aliphatic imine (C=N–C) groups is 1. The van der Waals surface area contributed by atoms with E-state index in [0.717, 1.165) is 35.5 Å². The molecule has 1 aromatic heterocycles. The molecule has 1 aliphatic rings. The molecule has 27 heavy (non-hydrogen) atoms. The van der Waals surface area contributed by atoms with Crippen LogP contribution in [-0.4, -0.2) is 52.2 Å². The predicted octanol–water partition coefficient (Wildman–Crippen LogP) is 2.25. The van der Waals surface area contributed by atoms with E-state index in [2.05, 4.69) is 46.1 Å². The Labute approximate surface area is 159 Å². The van der Waals surface area contributed by atoms with Crippen molar-refractivity contribution in [2.45, 2.75) is 20.8 Å². The number of hydrogen-bond acceptors (Lipinski definition) is 5. The zero-order chi connectivity index (χ0) is 19.6. The van der Waals surface area contributed by atoms with Gasteiger partial charge in [-0.25, -0.2) is 4.99 Å². The fourth-order valence-corrected chi connectivity index (χ4v) is 3.37. The van der Waals surface area contributed by atoms with Crippen LogP contribution in [0.5, 0.6) is 0 Å². The Morgan fingerprint density at radius 1 is 1.41 bits per heavy atom. The monoisotopic (exact) mass is 366 g/mol. The van der Waals surface area contributed by atoms with Gasteiger partial charge in [-0.15, -0.1) is 5.10 Å². The van der Waals surface area contributed by atoms with Crippen LogP contribution in [0.1, 0.15) is 25.0 Å². The zero-order valence-corrected chi connectivity index (χ0v) is 16.4. The summed E-state index contributed by atoms with van der Waals surface area (Å²) in [5, 5.41) is 11.0. The molecule has 3 rings (SSSR count). The highest BCUT2D eigenvalue weighted by Gasteiger charge is 2.34. The standard InChI is InChI=1S/C20H26N6O/c1-14-6-7-15(17-10-25(5)24-23-17)8-16(14)9-18(21-4)22-19(27)11-26-12-20(2,3)13-26/h6-10H,4,11-13H2,1-3,5H3,(H,22,27)/b18-9+. The Bertz CT molecular complexity index is 888. The lowest BCUT2D eigenvalue weighted by molar-refractivity contribution is -0.124. The Kier molecular flexibility index (Phi) is 5.23. The summed E-state index contributed by atoms with van der Waals surface area (Å²) in [7, 11) is 1.83. The molecule has 1 saturated heterocycles. The van der Waals surface area contributed by atoms with Gasteiger partial charge in [-0.05, 0) is 42.3 Å². The molecule has 7 nitrogen and oxygen atoms in total. The number of benzene rings is 1. The molecular formula is C20H26N6O. The highest BCUT2D eigenvalue weighted by atomic mass is 16.2. The lowest BCUT2D eigenvalue weighted by atomic mass is 9.84. The van der Waals surface area contributed by atoms with Crippen LogP contribution in [0.15, 0.2) is 35.2 Å². The Hall–Kier alpha value is -2.80. The highest BCUT2D eigenvalue weighted by Crippen LogP contribution is 2.28. The molecule has 0 saturated carbocycles. The highest BCUT2D eigenvalue weighted by molar-refractivity contribution is 5.81. The largest absolute Gasteiger partial charge is 0.310 e. The van der Waals surface area contributed by atoms with Crippen molar-refractivity contribution in [3.05, 3.63) is 41.3 Å². The molecule has 0 unspecified atom stereocenters. The Morgan fingerprint density at radius 3 is 2.74 bits per heavy atom. The first-order valence-corrected chi connectivity index (χ1v) is 8.94.